The van der Waals surface area contributed by atoms with Gasteiger partial charge in [-0.15, -0.1) is 0 Å². The summed E-state index contributed by atoms with van der Waals surface area (Å²) in [5.74, 6) is 0.153. The maximum Gasteiger partial charge on any atom is 0.416 e. The molecule has 1 aliphatic rings. The number of hydrogen-bond donors (Lipinski definition) is 1. The van der Waals surface area contributed by atoms with E-state index in [1.54, 1.807) is 0 Å². The molecule has 1 N–H and O–H groups in total. The second-order valence-corrected chi connectivity index (χ2v) is 5.25. The van der Waals surface area contributed by atoms with Gasteiger partial charge in [-0.1, -0.05) is 19.1 Å². The zero-order chi connectivity index (χ0) is 14.9. The number of alkyl halides is 3. The van der Waals surface area contributed by atoms with Crippen molar-refractivity contribution < 1.29 is 23.1 Å². The molecule has 0 aromatic heterocycles. The Labute approximate surface area is 115 Å². The molecule has 0 radical (unpaired) electrons. The first-order chi connectivity index (χ1) is 9.27. The summed E-state index contributed by atoms with van der Waals surface area (Å²) in [5, 5.41) is 10.0. The molecule has 110 valence electrons. The van der Waals surface area contributed by atoms with Crippen molar-refractivity contribution in [3.63, 3.8) is 0 Å². The van der Waals surface area contributed by atoms with E-state index in [0.717, 1.165) is 12.1 Å². The maximum absolute atomic E-state index is 12.6. The average molecular weight is 287 g/mol. The molecule has 6 heteroatoms. The third-order valence-corrected chi connectivity index (χ3v) is 3.40. The number of benzene rings is 1. The molecule has 1 amide bonds. The van der Waals surface area contributed by atoms with Gasteiger partial charge in [-0.3, -0.25) is 4.79 Å². The molecular weight excluding hydrogens is 271 g/mol. The van der Waals surface area contributed by atoms with Gasteiger partial charge in [0.15, 0.2) is 0 Å². The Morgan fingerprint density at radius 3 is 2.70 bits per heavy atom. The highest BCUT2D eigenvalue weighted by molar-refractivity contribution is 5.78. The number of nitrogens with zero attached hydrogens (tertiary/aromatic N) is 1. The van der Waals surface area contributed by atoms with Gasteiger partial charge in [-0.25, -0.2) is 0 Å². The van der Waals surface area contributed by atoms with Gasteiger partial charge in [0.1, 0.15) is 0 Å². The van der Waals surface area contributed by atoms with Crippen LogP contribution in [0.1, 0.15) is 30.6 Å². The van der Waals surface area contributed by atoms with Crippen molar-refractivity contribution in [1.82, 2.24) is 4.90 Å². The summed E-state index contributed by atoms with van der Waals surface area (Å²) in [5.41, 5.74) is -0.623. The van der Waals surface area contributed by atoms with Crippen molar-refractivity contribution in [2.45, 2.75) is 25.6 Å². The number of halogens is 3. The second kappa shape index (κ2) is 5.44. The Hall–Kier alpha value is -1.56. The fraction of sp³-hybridized carbons (Fsp3) is 0.500. The molecule has 0 spiro atoms. The molecule has 3 nitrogen and oxygen atoms in total. The van der Waals surface area contributed by atoms with Crippen molar-refractivity contribution in [1.29, 1.82) is 0 Å². The summed E-state index contributed by atoms with van der Waals surface area (Å²) in [4.78, 5) is 13.1. The Morgan fingerprint density at radius 1 is 1.45 bits per heavy atom. The highest BCUT2D eigenvalue weighted by Gasteiger charge is 2.32. The van der Waals surface area contributed by atoms with Crippen LogP contribution in [-0.4, -0.2) is 29.0 Å². The minimum Gasteiger partial charge on any atom is -0.387 e. The van der Waals surface area contributed by atoms with E-state index in [2.05, 4.69) is 0 Å². The minimum absolute atomic E-state index is 0.0322. The molecule has 1 heterocycles. The van der Waals surface area contributed by atoms with E-state index >= 15 is 0 Å². The third-order valence-electron chi connectivity index (χ3n) is 3.40. The molecule has 2 unspecified atom stereocenters. The fourth-order valence-corrected chi connectivity index (χ4v) is 2.38. The van der Waals surface area contributed by atoms with Gasteiger partial charge in [0, 0.05) is 13.0 Å². The van der Waals surface area contributed by atoms with Crippen LogP contribution in [0.25, 0.3) is 0 Å². The number of rotatable bonds is 3. The predicted molar refractivity (Wildman–Crippen MR) is 66.8 cm³/mol. The molecule has 0 saturated carbocycles. The lowest BCUT2D eigenvalue weighted by Gasteiger charge is -2.21. The zero-order valence-electron chi connectivity index (χ0n) is 11.0. The number of amides is 1. The molecule has 1 aromatic carbocycles. The van der Waals surface area contributed by atoms with Crippen LogP contribution in [0.5, 0.6) is 0 Å². The highest BCUT2D eigenvalue weighted by atomic mass is 19.4. The molecule has 1 aliphatic heterocycles. The first kappa shape index (κ1) is 14.8. The number of hydrogen-bond acceptors (Lipinski definition) is 2. The number of likely N-dealkylation sites (tertiary alicyclic amines) is 1. The Morgan fingerprint density at radius 2 is 2.15 bits per heavy atom. The van der Waals surface area contributed by atoms with Gasteiger partial charge in [0.25, 0.3) is 0 Å². The van der Waals surface area contributed by atoms with E-state index in [-0.39, 0.29) is 23.9 Å². The van der Waals surface area contributed by atoms with Crippen molar-refractivity contribution in [3.8, 4) is 0 Å². The molecule has 0 bridgehead atoms. The van der Waals surface area contributed by atoms with Crippen LogP contribution in [0, 0.1) is 5.92 Å². The van der Waals surface area contributed by atoms with Crippen molar-refractivity contribution >= 4 is 5.91 Å². The van der Waals surface area contributed by atoms with Crippen LogP contribution in [0.3, 0.4) is 0 Å². The summed E-state index contributed by atoms with van der Waals surface area (Å²) < 4.78 is 37.8. The van der Waals surface area contributed by atoms with E-state index in [0.29, 0.717) is 13.0 Å². The van der Waals surface area contributed by atoms with Gasteiger partial charge in [0.2, 0.25) is 5.91 Å². The van der Waals surface area contributed by atoms with Crippen LogP contribution in [-0.2, 0) is 11.0 Å². The maximum atomic E-state index is 12.6. The van der Waals surface area contributed by atoms with E-state index in [9.17, 15) is 23.1 Å². The van der Waals surface area contributed by atoms with E-state index in [1.165, 1.54) is 17.0 Å². The van der Waals surface area contributed by atoms with Gasteiger partial charge in [-0.2, -0.15) is 13.2 Å². The van der Waals surface area contributed by atoms with Crippen LogP contribution < -0.4 is 0 Å². The summed E-state index contributed by atoms with van der Waals surface area (Å²) in [6.07, 6.45) is -5.12. The largest absolute Gasteiger partial charge is 0.416 e. The van der Waals surface area contributed by atoms with Crippen LogP contribution in [0.2, 0.25) is 0 Å². The third kappa shape index (κ3) is 3.30. The fourth-order valence-electron chi connectivity index (χ4n) is 2.38. The first-order valence-corrected chi connectivity index (χ1v) is 6.40. The van der Waals surface area contributed by atoms with Gasteiger partial charge in [0.05, 0.1) is 18.2 Å². The number of aliphatic hydroxyl groups is 1. The number of carbonyl (C=O) groups excluding carboxylic acids is 1. The van der Waals surface area contributed by atoms with E-state index in [4.69, 9.17) is 0 Å². The monoisotopic (exact) mass is 287 g/mol. The molecular formula is C14H16F3NO2. The normalized spacial score (nSPS) is 21.4. The lowest BCUT2D eigenvalue weighted by Crippen LogP contribution is -2.30. The van der Waals surface area contributed by atoms with Crippen LogP contribution >= 0.6 is 0 Å². The van der Waals surface area contributed by atoms with Crippen molar-refractivity contribution in [3.05, 3.63) is 35.4 Å². The summed E-state index contributed by atoms with van der Waals surface area (Å²) >= 11 is 0. The van der Waals surface area contributed by atoms with Crippen LogP contribution in [0.15, 0.2) is 24.3 Å². The standard InChI is InChI=1S/C14H16F3NO2/c1-9-5-13(20)18(7-9)8-12(19)10-3-2-4-11(6-10)14(15,16)17/h2-4,6,9,12,19H,5,7-8H2,1H3. The van der Waals surface area contributed by atoms with Gasteiger partial charge in [-0.05, 0) is 23.6 Å². The first-order valence-electron chi connectivity index (χ1n) is 6.40. The summed E-state index contributed by atoms with van der Waals surface area (Å²) in [6, 6.07) is 4.58. The van der Waals surface area contributed by atoms with Gasteiger partial charge < -0.3 is 10.0 Å². The average Bonchev–Trinajstić information content (AvgIpc) is 2.67. The SMILES string of the molecule is CC1CC(=O)N(CC(O)c2cccc(C(F)(F)F)c2)C1. The Balaban J connectivity index is 2.10. The number of aliphatic hydroxyl groups excluding tert-OH is 1. The summed E-state index contributed by atoms with van der Waals surface area (Å²) in [7, 11) is 0. The Kier molecular flexibility index (Phi) is 4.04. The lowest BCUT2D eigenvalue weighted by atomic mass is 10.1. The minimum atomic E-state index is -4.44. The quantitative estimate of drug-likeness (QED) is 0.928. The van der Waals surface area contributed by atoms with E-state index < -0.39 is 17.8 Å². The predicted octanol–water partition coefficient (Wildman–Crippen LogP) is 2.61. The van der Waals surface area contributed by atoms with Crippen molar-refractivity contribution in [2.24, 2.45) is 5.92 Å². The molecule has 20 heavy (non-hydrogen) atoms. The molecule has 1 saturated heterocycles. The van der Waals surface area contributed by atoms with E-state index in [1.807, 2.05) is 6.92 Å². The van der Waals surface area contributed by atoms with Crippen LogP contribution in [0.4, 0.5) is 13.2 Å². The molecule has 0 aliphatic carbocycles. The molecule has 2 atom stereocenters. The topological polar surface area (TPSA) is 40.5 Å². The second-order valence-electron chi connectivity index (χ2n) is 5.25. The molecule has 1 fully saturated rings. The summed E-state index contributed by atoms with van der Waals surface area (Å²) in [6.45, 7) is 2.49. The number of carbonyl (C=O) groups is 1. The zero-order valence-corrected chi connectivity index (χ0v) is 11.0. The Bertz CT molecular complexity index is 501. The van der Waals surface area contributed by atoms with Gasteiger partial charge >= 0.3 is 6.18 Å². The lowest BCUT2D eigenvalue weighted by molar-refractivity contribution is -0.137. The van der Waals surface area contributed by atoms with Crippen molar-refractivity contribution in [2.75, 3.05) is 13.1 Å². The highest BCUT2D eigenvalue weighted by Crippen LogP contribution is 2.31. The smallest absolute Gasteiger partial charge is 0.387 e. The molecule has 1 aromatic rings. The molecule has 2 rings (SSSR count). The number of β-amino-alcohol motifs (C(OH)–C–C–N with tert-alkyl or cyclic N) is 1.